The monoisotopic (exact) mass is 411 g/mol. The Morgan fingerprint density at radius 3 is 2.19 bits per heavy atom. The van der Waals surface area contributed by atoms with Crippen LogP contribution in [-0.2, 0) is 11.2 Å². The highest BCUT2D eigenvalue weighted by Crippen LogP contribution is 2.35. The van der Waals surface area contributed by atoms with Gasteiger partial charge < -0.3 is 9.52 Å². The van der Waals surface area contributed by atoms with Crippen molar-refractivity contribution in [2.24, 2.45) is 0 Å². The number of rotatable bonds is 4. The van der Waals surface area contributed by atoms with E-state index in [0.29, 0.717) is 38.8 Å². The molecule has 5 rings (SSSR count). The number of pyridine rings is 1. The molecule has 152 valence electrons. The minimum absolute atomic E-state index is 0.131. The van der Waals surface area contributed by atoms with Gasteiger partial charge in [0.25, 0.3) is 11.1 Å². The third-order valence-corrected chi connectivity index (χ3v) is 5.68. The standard InChI is InChI=1S/C25H17NO5/c1-3-16-13(2)31-20-11-10-19-22-18(9-8-17(16)23(20)22)24(29)26(25(19)30)15-6-4-14(5-7-15)12-21(27)28/h3-11H,1,12H2,2H3,(H,27,28). The molecule has 0 aliphatic rings. The van der Waals surface area contributed by atoms with E-state index in [-0.39, 0.29) is 6.42 Å². The van der Waals surface area contributed by atoms with Gasteiger partial charge in [0.2, 0.25) is 0 Å². The average molecular weight is 411 g/mol. The first-order valence-corrected chi connectivity index (χ1v) is 9.71. The number of hydrogen-bond acceptors (Lipinski definition) is 4. The van der Waals surface area contributed by atoms with Crippen molar-refractivity contribution in [1.82, 2.24) is 4.57 Å². The molecule has 1 N–H and O–H groups in total. The Balaban J connectivity index is 1.87. The number of aryl methyl sites for hydroxylation is 1. The number of benzene rings is 3. The van der Waals surface area contributed by atoms with E-state index in [1.807, 2.05) is 13.0 Å². The van der Waals surface area contributed by atoms with Crippen molar-refractivity contribution in [3.63, 3.8) is 0 Å². The summed E-state index contributed by atoms with van der Waals surface area (Å²) in [5.74, 6) is -0.237. The molecule has 2 heterocycles. The first-order valence-electron chi connectivity index (χ1n) is 9.71. The normalized spacial score (nSPS) is 11.5. The van der Waals surface area contributed by atoms with Crippen LogP contribution < -0.4 is 11.1 Å². The first-order chi connectivity index (χ1) is 14.9. The fourth-order valence-corrected chi connectivity index (χ4v) is 4.30. The van der Waals surface area contributed by atoms with E-state index >= 15 is 0 Å². The van der Waals surface area contributed by atoms with Crippen molar-refractivity contribution in [1.29, 1.82) is 0 Å². The molecule has 0 radical (unpaired) electrons. The zero-order chi connectivity index (χ0) is 21.9. The van der Waals surface area contributed by atoms with Crippen LogP contribution in [0.1, 0.15) is 16.9 Å². The molecule has 0 fully saturated rings. The van der Waals surface area contributed by atoms with Gasteiger partial charge in [-0.1, -0.05) is 30.9 Å². The maximum atomic E-state index is 13.4. The van der Waals surface area contributed by atoms with E-state index in [2.05, 4.69) is 6.58 Å². The molecule has 0 aliphatic carbocycles. The Morgan fingerprint density at radius 1 is 0.968 bits per heavy atom. The molecule has 0 saturated carbocycles. The molecular formula is C25H17NO5. The fraction of sp³-hybridized carbons (Fsp3) is 0.0800. The summed E-state index contributed by atoms with van der Waals surface area (Å²) in [7, 11) is 0. The van der Waals surface area contributed by atoms with Crippen molar-refractivity contribution in [3.8, 4) is 5.69 Å². The highest BCUT2D eigenvalue weighted by Gasteiger charge is 2.20. The molecule has 0 bridgehead atoms. The Morgan fingerprint density at radius 2 is 1.58 bits per heavy atom. The number of aliphatic carboxylic acids is 1. The van der Waals surface area contributed by atoms with Crippen LogP contribution in [0, 0.1) is 6.92 Å². The summed E-state index contributed by atoms with van der Waals surface area (Å²) in [6.45, 7) is 5.72. The molecule has 0 aliphatic heterocycles. The Bertz CT molecular complexity index is 1610. The summed E-state index contributed by atoms with van der Waals surface area (Å²) in [6, 6.07) is 13.4. The summed E-state index contributed by atoms with van der Waals surface area (Å²) in [6.07, 6.45) is 1.58. The maximum absolute atomic E-state index is 13.4. The van der Waals surface area contributed by atoms with Crippen molar-refractivity contribution < 1.29 is 14.3 Å². The van der Waals surface area contributed by atoms with Crippen LogP contribution in [0.2, 0.25) is 0 Å². The summed E-state index contributed by atoms with van der Waals surface area (Å²) in [4.78, 5) is 37.6. The van der Waals surface area contributed by atoms with E-state index in [9.17, 15) is 14.4 Å². The van der Waals surface area contributed by atoms with Crippen LogP contribution in [0.15, 0.2) is 69.1 Å². The minimum Gasteiger partial charge on any atom is -0.481 e. The lowest BCUT2D eigenvalue weighted by molar-refractivity contribution is -0.136. The second-order valence-corrected chi connectivity index (χ2v) is 7.48. The molecule has 6 heteroatoms. The lowest BCUT2D eigenvalue weighted by Crippen LogP contribution is -2.31. The summed E-state index contributed by atoms with van der Waals surface area (Å²) in [5, 5.41) is 12.0. The summed E-state index contributed by atoms with van der Waals surface area (Å²) in [5.41, 5.74) is 1.54. The predicted octanol–water partition coefficient (Wildman–Crippen LogP) is 4.27. The Labute approximate surface area is 175 Å². The SMILES string of the molecule is C=Cc1c(C)oc2ccc3c(=O)n(-c4ccc(CC(=O)O)cc4)c(=O)c4ccc1c2c34. The average Bonchev–Trinajstić information content (AvgIpc) is 2.74. The van der Waals surface area contributed by atoms with Gasteiger partial charge in [-0.25, -0.2) is 4.57 Å². The third-order valence-electron chi connectivity index (χ3n) is 5.68. The highest BCUT2D eigenvalue weighted by atomic mass is 16.4. The third kappa shape index (κ3) is 2.69. The molecule has 0 saturated heterocycles. The predicted molar refractivity (Wildman–Crippen MR) is 120 cm³/mol. The minimum atomic E-state index is -0.947. The van der Waals surface area contributed by atoms with Gasteiger partial charge in [0.05, 0.1) is 12.1 Å². The van der Waals surface area contributed by atoms with Crippen LogP contribution >= 0.6 is 0 Å². The largest absolute Gasteiger partial charge is 0.481 e. The van der Waals surface area contributed by atoms with Crippen LogP contribution in [-0.4, -0.2) is 15.6 Å². The molecular weight excluding hydrogens is 394 g/mol. The molecule has 0 unspecified atom stereocenters. The van der Waals surface area contributed by atoms with Crippen LogP contribution in [0.5, 0.6) is 0 Å². The van der Waals surface area contributed by atoms with Gasteiger partial charge in [-0.3, -0.25) is 14.4 Å². The molecule has 0 atom stereocenters. The van der Waals surface area contributed by atoms with E-state index in [1.165, 1.54) is 0 Å². The van der Waals surface area contributed by atoms with Crippen molar-refractivity contribution in [3.05, 3.63) is 92.7 Å². The quantitative estimate of drug-likeness (QED) is 0.446. The Hall–Kier alpha value is -4.19. The van der Waals surface area contributed by atoms with E-state index in [1.54, 1.807) is 48.5 Å². The van der Waals surface area contributed by atoms with Gasteiger partial charge in [-0.2, -0.15) is 0 Å². The van der Waals surface area contributed by atoms with E-state index in [4.69, 9.17) is 9.52 Å². The number of aromatic nitrogens is 1. The molecule has 5 aromatic rings. The fourth-order valence-electron chi connectivity index (χ4n) is 4.30. The molecule has 0 spiro atoms. The van der Waals surface area contributed by atoms with Crippen LogP contribution in [0.3, 0.4) is 0 Å². The van der Waals surface area contributed by atoms with Crippen molar-refractivity contribution >= 4 is 44.6 Å². The van der Waals surface area contributed by atoms with Crippen LogP contribution in [0.25, 0.3) is 44.3 Å². The van der Waals surface area contributed by atoms with Gasteiger partial charge >= 0.3 is 5.97 Å². The Kier molecular flexibility index (Phi) is 4.05. The first kappa shape index (κ1) is 18.8. The van der Waals surface area contributed by atoms with Gasteiger partial charge in [0.1, 0.15) is 11.3 Å². The summed E-state index contributed by atoms with van der Waals surface area (Å²) < 4.78 is 7.07. The summed E-state index contributed by atoms with van der Waals surface area (Å²) >= 11 is 0. The zero-order valence-electron chi connectivity index (χ0n) is 16.6. The van der Waals surface area contributed by atoms with Gasteiger partial charge in [0.15, 0.2) is 0 Å². The maximum Gasteiger partial charge on any atom is 0.307 e. The van der Waals surface area contributed by atoms with Gasteiger partial charge in [0, 0.05) is 27.1 Å². The lowest BCUT2D eigenvalue weighted by atomic mass is 9.95. The van der Waals surface area contributed by atoms with Crippen LogP contribution in [0.4, 0.5) is 0 Å². The number of carboxylic acids is 1. The molecule has 3 aromatic carbocycles. The number of carboxylic acid groups (broad SMARTS) is 1. The lowest BCUT2D eigenvalue weighted by Gasteiger charge is -2.15. The van der Waals surface area contributed by atoms with Gasteiger partial charge in [-0.15, -0.1) is 0 Å². The second-order valence-electron chi connectivity index (χ2n) is 7.48. The molecule has 6 nitrogen and oxygen atoms in total. The van der Waals surface area contributed by atoms with Crippen molar-refractivity contribution in [2.45, 2.75) is 13.3 Å². The van der Waals surface area contributed by atoms with Crippen molar-refractivity contribution in [2.75, 3.05) is 0 Å². The molecule has 2 aromatic heterocycles. The number of nitrogens with zero attached hydrogens (tertiary/aromatic N) is 1. The zero-order valence-corrected chi connectivity index (χ0v) is 16.6. The molecule has 0 amide bonds. The number of carbonyl (C=O) groups is 1. The molecule has 31 heavy (non-hydrogen) atoms. The van der Waals surface area contributed by atoms with Gasteiger partial charge in [-0.05, 0) is 48.2 Å². The highest BCUT2D eigenvalue weighted by molar-refractivity contribution is 6.22. The van der Waals surface area contributed by atoms with E-state index in [0.717, 1.165) is 20.9 Å². The topological polar surface area (TPSA) is 89.5 Å². The van der Waals surface area contributed by atoms with E-state index < -0.39 is 17.1 Å². The number of hydrogen-bond donors (Lipinski definition) is 1. The second kappa shape index (κ2) is 6.67. The smallest absolute Gasteiger partial charge is 0.307 e.